The molecule has 5 nitrogen and oxygen atoms in total. The van der Waals surface area contributed by atoms with Crippen LogP contribution in [0, 0.1) is 11.6 Å². The Hall–Kier alpha value is -3.07. The molecule has 0 amide bonds. The van der Waals surface area contributed by atoms with Crippen LogP contribution in [-0.2, 0) is 10.1 Å². The van der Waals surface area contributed by atoms with Crippen molar-refractivity contribution >= 4 is 32.5 Å². The van der Waals surface area contributed by atoms with Crippen molar-refractivity contribution in [1.29, 1.82) is 0 Å². The molecule has 0 spiro atoms. The Kier molecular flexibility index (Phi) is 5.38. The first-order chi connectivity index (χ1) is 14.7. The largest absolute Gasteiger partial charge is 0.496 e. The highest BCUT2D eigenvalue weighted by molar-refractivity contribution is 7.85. The van der Waals surface area contributed by atoms with Crippen LogP contribution in [0.5, 0.6) is 5.75 Å². The van der Waals surface area contributed by atoms with E-state index in [9.17, 15) is 21.8 Å². The van der Waals surface area contributed by atoms with Crippen LogP contribution in [0.2, 0.25) is 5.02 Å². The summed E-state index contributed by atoms with van der Waals surface area (Å²) in [6, 6.07) is 12.6. The van der Waals surface area contributed by atoms with Crippen LogP contribution >= 0.6 is 11.6 Å². The van der Waals surface area contributed by atoms with Crippen molar-refractivity contribution in [1.82, 2.24) is 4.98 Å². The summed E-state index contributed by atoms with van der Waals surface area (Å²) in [5.74, 6) is -1.19. The Bertz CT molecular complexity index is 1440. The topological polar surface area (TPSA) is 76.5 Å². The third-order valence-corrected chi connectivity index (χ3v) is 5.96. The number of benzene rings is 3. The molecule has 0 saturated carbocycles. The minimum Gasteiger partial charge on any atom is -0.496 e. The molecule has 1 N–H and O–H groups in total. The maximum Gasteiger partial charge on any atom is 0.297 e. The van der Waals surface area contributed by atoms with E-state index in [0.29, 0.717) is 38.9 Å². The van der Waals surface area contributed by atoms with Crippen LogP contribution < -0.4 is 4.74 Å². The maximum atomic E-state index is 14.4. The van der Waals surface area contributed by atoms with Crippen molar-refractivity contribution in [2.24, 2.45) is 0 Å². The van der Waals surface area contributed by atoms with Gasteiger partial charge in [0.25, 0.3) is 10.1 Å². The fourth-order valence-electron chi connectivity index (χ4n) is 3.37. The molecule has 31 heavy (non-hydrogen) atoms. The molecule has 0 bridgehead atoms. The molecule has 0 saturated heterocycles. The summed E-state index contributed by atoms with van der Waals surface area (Å²) in [6.07, 6.45) is 1.41. The van der Waals surface area contributed by atoms with Crippen molar-refractivity contribution < 1.29 is 26.5 Å². The quantitative estimate of drug-likeness (QED) is 0.391. The van der Waals surface area contributed by atoms with E-state index in [1.54, 1.807) is 24.3 Å². The second-order valence-corrected chi connectivity index (χ2v) is 8.48. The summed E-state index contributed by atoms with van der Waals surface area (Å²) in [6.45, 7) is 0. The number of pyridine rings is 1. The zero-order chi connectivity index (χ0) is 22.3. The van der Waals surface area contributed by atoms with E-state index in [1.807, 2.05) is 0 Å². The predicted octanol–water partition coefficient (Wildman–Crippen LogP) is 5.76. The molecule has 1 aromatic heterocycles. The molecule has 0 atom stereocenters. The highest BCUT2D eigenvalue weighted by atomic mass is 35.5. The van der Waals surface area contributed by atoms with Gasteiger partial charge in [0.15, 0.2) is 0 Å². The van der Waals surface area contributed by atoms with Crippen LogP contribution in [-0.4, -0.2) is 25.1 Å². The van der Waals surface area contributed by atoms with Gasteiger partial charge in [-0.3, -0.25) is 9.54 Å². The number of aromatic nitrogens is 1. The number of ether oxygens (including phenoxy) is 1. The maximum absolute atomic E-state index is 14.4. The van der Waals surface area contributed by atoms with Gasteiger partial charge < -0.3 is 4.74 Å². The van der Waals surface area contributed by atoms with Gasteiger partial charge in [-0.2, -0.15) is 8.42 Å². The summed E-state index contributed by atoms with van der Waals surface area (Å²) >= 11 is 6.47. The Balaban J connectivity index is 1.96. The van der Waals surface area contributed by atoms with E-state index in [1.165, 1.54) is 31.5 Å². The lowest BCUT2D eigenvalue weighted by Crippen LogP contribution is -2.02. The molecular weight excluding hydrogens is 448 g/mol. The molecule has 0 aliphatic carbocycles. The van der Waals surface area contributed by atoms with Crippen LogP contribution in [0.25, 0.3) is 33.2 Å². The van der Waals surface area contributed by atoms with Gasteiger partial charge in [-0.25, -0.2) is 8.78 Å². The monoisotopic (exact) mass is 461 g/mol. The second kappa shape index (κ2) is 7.88. The Morgan fingerprint density at radius 1 is 1.03 bits per heavy atom. The second-order valence-electron chi connectivity index (χ2n) is 6.68. The fourth-order valence-corrected chi connectivity index (χ4v) is 4.22. The van der Waals surface area contributed by atoms with Gasteiger partial charge in [-0.15, -0.1) is 0 Å². The molecule has 0 fully saturated rings. The zero-order valence-electron chi connectivity index (χ0n) is 15.9. The van der Waals surface area contributed by atoms with Gasteiger partial charge in [0.2, 0.25) is 0 Å². The number of hydrogen-bond donors (Lipinski definition) is 1. The van der Waals surface area contributed by atoms with Crippen molar-refractivity contribution in [3.05, 3.63) is 77.5 Å². The molecule has 9 heteroatoms. The molecule has 4 aromatic rings. The first-order valence-corrected chi connectivity index (χ1v) is 10.7. The first-order valence-electron chi connectivity index (χ1n) is 8.88. The average Bonchev–Trinajstić information content (AvgIpc) is 2.72. The van der Waals surface area contributed by atoms with Crippen molar-refractivity contribution in [2.45, 2.75) is 4.90 Å². The third kappa shape index (κ3) is 3.97. The summed E-state index contributed by atoms with van der Waals surface area (Å²) in [4.78, 5) is 3.47. The van der Waals surface area contributed by atoms with Gasteiger partial charge >= 0.3 is 0 Å². The highest BCUT2D eigenvalue weighted by Crippen LogP contribution is 2.41. The molecule has 1 heterocycles. The van der Waals surface area contributed by atoms with Crippen molar-refractivity contribution in [2.75, 3.05) is 7.11 Å². The summed E-state index contributed by atoms with van der Waals surface area (Å²) < 4.78 is 65.7. The van der Waals surface area contributed by atoms with Gasteiger partial charge in [-0.1, -0.05) is 23.7 Å². The first kappa shape index (κ1) is 21.2. The lowest BCUT2D eigenvalue weighted by atomic mass is 9.98. The summed E-state index contributed by atoms with van der Waals surface area (Å²) in [5, 5.41) is 0.918. The number of halogens is 3. The Morgan fingerprint density at radius 2 is 1.81 bits per heavy atom. The molecule has 0 unspecified atom stereocenters. The van der Waals surface area contributed by atoms with Gasteiger partial charge in [0, 0.05) is 27.7 Å². The SMILES string of the molecule is COc1cc(-c2cccc(F)c2)c(Cl)cc1-c1nccc2cc(S(=O)(=O)O)c(F)cc12. The van der Waals surface area contributed by atoms with Crippen LogP contribution in [0.3, 0.4) is 0 Å². The van der Waals surface area contributed by atoms with E-state index in [0.717, 1.165) is 12.1 Å². The van der Waals surface area contributed by atoms with E-state index in [-0.39, 0.29) is 5.02 Å². The molecular formula is C22H14ClF2NO4S. The number of hydrogen-bond acceptors (Lipinski definition) is 4. The summed E-state index contributed by atoms with van der Waals surface area (Å²) in [5.41, 5.74) is 1.80. The lowest BCUT2D eigenvalue weighted by Gasteiger charge is -2.15. The average molecular weight is 462 g/mol. The standard InChI is InChI=1S/C22H14ClF2NO4S/c1-30-20-11-15(12-3-2-4-14(24)7-12)18(23)9-17(20)22-16-10-19(25)21(31(27,28)29)8-13(16)5-6-26-22/h2-11H,1H3,(H,27,28,29). The summed E-state index contributed by atoms with van der Waals surface area (Å²) in [7, 11) is -3.30. The Labute approximate surface area is 181 Å². The molecule has 0 radical (unpaired) electrons. The molecule has 4 rings (SSSR count). The smallest absolute Gasteiger partial charge is 0.297 e. The lowest BCUT2D eigenvalue weighted by molar-refractivity contribution is 0.416. The number of nitrogens with zero attached hydrogens (tertiary/aromatic N) is 1. The number of rotatable bonds is 4. The van der Waals surface area contributed by atoms with Crippen LogP contribution in [0.15, 0.2) is 65.7 Å². The minimum absolute atomic E-state index is 0.287. The molecule has 3 aromatic carbocycles. The highest BCUT2D eigenvalue weighted by Gasteiger charge is 2.20. The number of fused-ring (bicyclic) bond motifs is 1. The van der Waals surface area contributed by atoms with E-state index in [4.69, 9.17) is 16.3 Å². The zero-order valence-corrected chi connectivity index (χ0v) is 17.5. The molecule has 0 aliphatic rings. The molecule has 158 valence electrons. The fraction of sp³-hybridized carbons (Fsp3) is 0.0455. The van der Waals surface area contributed by atoms with Crippen molar-refractivity contribution in [3.63, 3.8) is 0 Å². The minimum atomic E-state index is -4.73. The van der Waals surface area contributed by atoms with Crippen LogP contribution in [0.4, 0.5) is 8.78 Å². The molecule has 0 aliphatic heterocycles. The van der Waals surface area contributed by atoms with Crippen LogP contribution in [0.1, 0.15) is 0 Å². The Morgan fingerprint density at radius 3 is 2.48 bits per heavy atom. The van der Waals surface area contributed by atoms with Gasteiger partial charge in [0.1, 0.15) is 22.3 Å². The predicted molar refractivity (Wildman–Crippen MR) is 114 cm³/mol. The number of methoxy groups -OCH3 is 1. The van der Waals surface area contributed by atoms with Crippen molar-refractivity contribution in [3.8, 4) is 28.1 Å². The van der Waals surface area contributed by atoms with E-state index in [2.05, 4.69) is 4.98 Å². The third-order valence-electron chi connectivity index (χ3n) is 4.77. The normalized spacial score (nSPS) is 11.6. The van der Waals surface area contributed by atoms with E-state index < -0.39 is 26.6 Å². The van der Waals surface area contributed by atoms with Gasteiger partial charge in [0.05, 0.1) is 12.8 Å². The van der Waals surface area contributed by atoms with E-state index >= 15 is 0 Å². The van der Waals surface area contributed by atoms with Gasteiger partial charge in [-0.05, 0) is 53.4 Å².